The van der Waals surface area contributed by atoms with Crippen LogP contribution in [0, 0.1) is 5.92 Å². The largest absolute Gasteiger partial charge is 0.371 e. The number of benzene rings is 1. The van der Waals surface area contributed by atoms with Crippen molar-refractivity contribution in [1.29, 1.82) is 0 Å². The lowest BCUT2D eigenvalue weighted by Crippen LogP contribution is -2.34. The van der Waals surface area contributed by atoms with Crippen LogP contribution < -0.4 is 0 Å². The molecule has 0 bridgehead atoms. The third kappa shape index (κ3) is 4.90. The maximum atomic E-state index is 4.15. The molecule has 0 aromatic heterocycles. The Morgan fingerprint density at radius 1 is 1.15 bits per heavy atom. The molecule has 0 aliphatic heterocycles. The Balaban J connectivity index is 2.26. The van der Waals surface area contributed by atoms with Crippen LogP contribution in [0.25, 0.3) is 0 Å². The molecule has 0 amide bonds. The molecule has 142 valence electrons. The first-order chi connectivity index (χ1) is 12.4. The second-order valence-corrected chi connectivity index (χ2v) is 8.44. The summed E-state index contributed by atoms with van der Waals surface area (Å²) in [5, 5.41) is 0. The molecule has 0 heterocycles. The van der Waals surface area contributed by atoms with Gasteiger partial charge >= 0.3 is 0 Å². The summed E-state index contributed by atoms with van der Waals surface area (Å²) in [6, 6.07) is 11.2. The highest BCUT2D eigenvalue weighted by Crippen LogP contribution is 2.44. The molecule has 0 N–H and O–H groups in total. The van der Waals surface area contributed by atoms with Gasteiger partial charge in [-0.2, -0.15) is 0 Å². The first-order valence-corrected chi connectivity index (χ1v) is 10.2. The Morgan fingerprint density at radius 3 is 2.27 bits per heavy atom. The minimum atomic E-state index is 0.347. The molecular formula is C25H37N. The smallest absolute Gasteiger partial charge is 0.0392 e. The average Bonchev–Trinajstić information content (AvgIpc) is 3.10. The number of allylic oxidation sites excluding steroid dienone is 3. The van der Waals surface area contributed by atoms with Crippen molar-refractivity contribution in [1.82, 2.24) is 4.90 Å². The fourth-order valence-electron chi connectivity index (χ4n) is 4.36. The minimum Gasteiger partial charge on any atom is -0.371 e. The van der Waals surface area contributed by atoms with Gasteiger partial charge in [-0.15, -0.1) is 0 Å². The topological polar surface area (TPSA) is 3.24 Å². The van der Waals surface area contributed by atoms with Crippen LogP contribution in [0.4, 0.5) is 0 Å². The summed E-state index contributed by atoms with van der Waals surface area (Å²) >= 11 is 0. The van der Waals surface area contributed by atoms with E-state index >= 15 is 0 Å². The van der Waals surface area contributed by atoms with Crippen molar-refractivity contribution in [3.05, 3.63) is 72.0 Å². The lowest BCUT2D eigenvalue weighted by atomic mass is 9.76. The molecule has 1 heteroatoms. The van der Waals surface area contributed by atoms with Gasteiger partial charge < -0.3 is 4.90 Å². The monoisotopic (exact) mass is 351 g/mol. The van der Waals surface area contributed by atoms with Crippen LogP contribution in [0.5, 0.6) is 0 Å². The van der Waals surface area contributed by atoms with Gasteiger partial charge in [-0.1, -0.05) is 75.8 Å². The molecule has 1 aliphatic carbocycles. The fourth-order valence-corrected chi connectivity index (χ4v) is 4.36. The standard InChI is InChI=1S/C25H37N/c1-7-24(22(6)21(4)5)26(19-20(2)3)18-17-25(15-11-12-16-25)23-13-9-8-10-14-23/h7-10,13-14,20H,1,4,11-12,15-19H2,2-3,5-6H3/b24-22-. The highest BCUT2D eigenvalue weighted by Gasteiger charge is 2.35. The van der Waals surface area contributed by atoms with Crippen LogP contribution in [0.3, 0.4) is 0 Å². The van der Waals surface area contributed by atoms with Gasteiger partial charge in [0.25, 0.3) is 0 Å². The van der Waals surface area contributed by atoms with Crippen LogP contribution in [-0.2, 0) is 5.41 Å². The average molecular weight is 352 g/mol. The Hall–Kier alpha value is -1.76. The van der Waals surface area contributed by atoms with Gasteiger partial charge in [0.2, 0.25) is 0 Å². The summed E-state index contributed by atoms with van der Waals surface area (Å²) in [5.74, 6) is 0.624. The van der Waals surface area contributed by atoms with Crippen LogP contribution in [0.2, 0.25) is 0 Å². The Bertz CT molecular complexity index is 629. The maximum absolute atomic E-state index is 4.15. The summed E-state index contributed by atoms with van der Waals surface area (Å²) in [6.45, 7) is 19.3. The van der Waals surface area contributed by atoms with E-state index in [4.69, 9.17) is 0 Å². The number of hydrogen-bond acceptors (Lipinski definition) is 1. The van der Waals surface area contributed by atoms with E-state index in [2.05, 4.69) is 76.1 Å². The summed E-state index contributed by atoms with van der Waals surface area (Å²) < 4.78 is 0. The fraction of sp³-hybridized carbons (Fsp3) is 0.520. The molecule has 1 fully saturated rings. The van der Waals surface area contributed by atoms with Crippen molar-refractivity contribution in [2.24, 2.45) is 5.92 Å². The Labute approximate surface area is 161 Å². The predicted molar refractivity (Wildman–Crippen MR) is 115 cm³/mol. The van der Waals surface area contributed by atoms with Crippen LogP contribution in [0.15, 0.2) is 66.4 Å². The number of hydrogen-bond donors (Lipinski definition) is 0. The van der Waals surface area contributed by atoms with Gasteiger partial charge in [0.15, 0.2) is 0 Å². The molecule has 1 aromatic carbocycles. The Morgan fingerprint density at radius 2 is 1.77 bits per heavy atom. The first-order valence-electron chi connectivity index (χ1n) is 10.2. The second-order valence-electron chi connectivity index (χ2n) is 8.44. The zero-order chi connectivity index (χ0) is 19.2. The van der Waals surface area contributed by atoms with Crippen molar-refractivity contribution in [3.63, 3.8) is 0 Å². The third-order valence-electron chi connectivity index (χ3n) is 5.95. The van der Waals surface area contributed by atoms with Gasteiger partial charge in [-0.05, 0) is 61.7 Å². The molecule has 0 saturated heterocycles. The van der Waals surface area contributed by atoms with E-state index in [1.54, 1.807) is 0 Å². The third-order valence-corrected chi connectivity index (χ3v) is 5.95. The molecule has 1 aromatic rings. The molecule has 0 atom stereocenters. The number of nitrogens with zero attached hydrogens (tertiary/aromatic N) is 1. The van der Waals surface area contributed by atoms with Crippen molar-refractivity contribution >= 4 is 0 Å². The van der Waals surface area contributed by atoms with E-state index in [1.807, 2.05) is 6.08 Å². The van der Waals surface area contributed by atoms with Crippen LogP contribution in [-0.4, -0.2) is 18.0 Å². The number of rotatable bonds is 9. The van der Waals surface area contributed by atoms with Crippen molar-refractivity contribution in [3.8, 4) is 0 Å². The van der Waals surface area contributed by atoms with Gasteiger partial charge in [0.1, 0.15) is 0 Å². The summed E-state index contributed by atoms with van der Waals surface area (Å²) in [5.41, 5.74) is 5.53. The first kappa shape index (κ1) is 20.6. The normalized spacial score (nSPS) is 17.1. The van der Waals surface area contributed by atoms with E-state index in [1.165, 1.54) is 48.9 Å². The molecule has 1 saturated carbocycles. The SMILES string of the molecule is C=C/C(=C(\C)C(=C)C)N(CCC1(c2ccccc2)CCCC1)CC(C)C. The zero-order valence-corrected chi connectivity index (χ0v) is 17.4. The van der Waals surface area contributed by atoms with Gasteiger partial charge in [0.05, 0.1) is 0 Å². The van der Waals surface area contributed by atoms with E-state index < -0.39 is 0 Å². The second kappa shape index (κ2) is 9.26. The van der Waals surface area contributed by atoms with Crippen molar-refractivity contribution in [2.45, 2.75) is 65.2 Å². The molecule has 1 aliphatic rings. The molecular weight excluding hydrogens is 314 g/mol. The highest BCUT2D eigenvalue weighted by molar-refractivity contribution is 5.35. The van der Waals surface area contributed by atoms with Gasteiger partial charge in [-0.25, -0.2) is 0 Å². The molecule has 26 heavy (non-hydrogen) atoms. The molecule has 0 radical (unpaired) electrons. The summed E-state index contributed by atoms with van der Waals surface area (Å²) in [4.78, 5) is 2.55. The zero-order valence-electron chi connectivity index (χ0n) is 17.4. The minimum absolute atomic E-state index is 0.347. The van der Waals surface area contributed by atoms with Crippen molar-refractivity contribution in [2.75, 3.05) is 13.1 Å². The quantitative estimate of drug-likeness (QED) is 0.438. The van der Waals surface area contributed by atoms with Crippen molar-refractivity contribution < 1.29 is 0 Å². The highest BCUT2D eigenvalue weighted by atomic mass is 15.1. The van der Waals surface area contributed by atoms with E-state index in [0.717, 1.165) is 18.7 Å². The van der Waals surface area contributed by atoms with E-state index in [9.17, 15) is 0 Å². The molecule has 1 nitrogen and oxygen atoms in total. The molecule has 0 unspecified atom stereocenters. The maximum Gasteiger partial charge on any atom is 0.0392 e. The van der Waals surface area contributed by atoms with Crippen LogP contribution in [0.1, 0.15) is 65.4 Å². The molecule has 0 spiro atoms. The predicted octanol–water partition coefficient (Wildman–Crippen LogP) is 6.88. The summed E-state index contributed by atoms with van der Waals surface area (Å²) in [7, 11) is 0. The van der Waals surface area contributed by atoms with Gasteiger partial charge in [0, 0.05) is 18.8 Å². The lowest BCUT2D eigenvalue weighted by Gasteiger charge is -2.35. The van der Waals surface area contributed by atoms with Gasteiger partial charge in [-0.3, -0.25) is 0 Å². The van der Waals surface area contributed by atoms with E-state index in [0.29, 0.717) is 11.3 Å². The Kier molecular flexibility index (Phi) is 7.32. The van der Waals surface area contributed by atoms with E-state index in [-0.39, 0.29) is 0 Å². The lowest BCUT2D eigenvalue weighted by molar-refractivity contribution is 0.266. The molecule has 2 rings (SSSR count). The van der Waals surface area contributed by atoms with Crippen LogP contribution >= 0.6 is 0 Å². The summed E-state index contributed by atoms with van der Waals surface area (Å²) in [6.07, 6.45) is 8.58.